The predicted octanol–water partition coefficient (Wildman–Crippen LogP) is 4.62. The van der Waals surface area contributed by atoms with Crippen LogP contribution in [0.1, 0.15) is 38.2 Å². The van der Waals surface area contributed by atoms with Crippen LogP contribution in [0, 0.1) is 5.92 Å². The van der Waals surface area contributed by atoms with Crippen LogP contribution in [0.2, 0.25) is 5.02 Å². The third-order valence-electron chi connectivity index (χ3n) is 9.83. The molecular formula is C34H38ClN3O9S2. The van der Waals surface area contributed by atoms with E-state index in [2.05, 4.69) is 10.2 Å². The lowest BCUT2D eigenvalue weighted by Gasteiger charge is -2.45. The molecule has 0 aliphatic carbocycles. The normalized spacial score (nSPS) is 20.8. The van der Waals surface area contributed by atoms with Gasteiger partial charge in [0.1, 0.15) is 0 Å². The van der Waals surface area contributed by atoms with Crippen LogP contribution in [0.25, 0.3) is 0 Å². The summed E-state index contributed by atoms with van der Waals surface area (Å²) in [7, 11) is -7.52. The first-order valence-electron chi connectivity index (χ1n) is 16.3. The van der Waals surface area contributed by atoms with Gasteiger partial charge < -0.3 is 29.2 Å². The third-order valence-corrected chi connectivity index (χ3v) is 13.8. The number of nitrogens with one attached hydrogen (secondary N) is 1. The van der Waals surface area contributed by atoms with Crippen LogP contribution in [-0.2, 0) is 39.9 Å². The first kappa shape index (κ1) is 34.2. The van der Waals surface area contributed by atoms with Gasteiger partial charge in [-0.15, -0.1) is 0 Å². The van der Waals surface area contributed by atoms with E-state index in [-0.39, 0.29) is 44.4 Å². The summed E-state index contributed by atoms with van der Waals surface area (Å²) in [5.74, 6) is -0.258. The Labute approximate surface area is 291 Å². The number of carbonyl (C=O) groups is 1. The molecule has 3 fully saturated rings. The molecule has 4 heterocycles. The Morgan fingerprint density at radius 2 is 1.43 bits per heavy atom. The van der Waals surface area contributed by atoms with E-state index in [0.717, 1.165) is 31.5 Å². The molecular weight excluding hydrogens is 694 g/mol. The number of fused-ring (bicyclic) bond motifs is 1. The molecule has 0 saturated carbocycles. The van der Waals surface area contributed by atoms with Crippen molar-refractivity contribution < 1.29 is 40.6 Å². The van der Waals surface area contributed by atoms with Crippen molar-refractivity contribution >= 4 is 43.1 Å². The van der Waals surface area contributed by atoms with Gasteiger partial charge in [-0.25, -0.2) is 16.8 Å². The maximum atomic E-state index is 13.4. The van der Waals surface area contributed by atoms with Crippen LogP contribution >= 0.6 is 11.6 Å². The van der Waals surface area contributed by atoms with E-state index in [4.69, 9.17) is 30.5 Å². The lowest BCUT2D eigenvalue weighted by atomic mass is 9.83. The Morgan fingerprint density at radius 3 is 2.08 bits per heavy atom. The molecule has 4 aliphatic heterocycles. The van der Waals surface area contributed by atoms with Gasteiger partial charge in [0.15, 0.2) is 17.3 Å². The molecule has 3 aromatic rings. The summed E-state index contributed by atoms with van der Waals surface area (Å²) in [6.07, 6.45) is 3.04. The molecule has 1 amide bonds. The maximum absolute atomic E-state index is 13.4. The van der Waals surface area contributed by atoms with Crippen LogP contribution in [-0.4, -0.2) is 84.2 Å². The number of rotatable bonds is 8. The minimum atomic E-state index is -3.79. The Morgan fingerprint density at radius 1 is 0.796 bits per heavy atom. The number of hydrogen-bond acceptors (Lipinski definition) is 10. The van der Waals surface area contributed by atoms with Crippen molar-refractivity contribution in [2.24, 2.45) is 5.92 Å². The van der Waals surface area contributed by atoms with Crippen molar-refractivity contribution in [2.75, 3.05) is 51.5 Å². The van der Waals surface area contributed by atoms with Crippen molar-refractivity contribution in [1.29, 1.82) is 0 Å². The molecule has 0 atom stereocenters. The summed E-state index contributed by atoms with van der Waals surface area (Å²) in [5.41, 5.74) is 1.16. The maximum Gasteiger partial charge on any atom is 0.243 e. The van der Waals surface area contributed by atoms with Crippen LogP contribution in [0.5, 0.6) is 11.5 Å². The molecule has 1 N–H and O–H groups in total. The van der Waals surface area contributed by atoms with E-state index < -0.39 is 25.6 Å². The van der Waals surface area contributed by atoms with Gasteiger partial charge in [-0.05, 0) is 81.2 Å². The SMILES string of the molecule is CC(=O)Nc1ccc(S(=O)(=O)N2CCC(N3CCC(C4(c5ccc(S(=O)(=O)c6ccc7c(c6)OCO7)cc5)OCCO4)CC3)CC2)cc1Cl. The van der Waals surface area contributed by atoms with Crippen LogP contribution in [0.15, 0.2) is 75.4 Å². The Hall–Kier alpha value is -3.24. The highest BCUT2D eigenvalue weighted by molar-refractivity contribution is 7.91. The molecule has 4 aliphatic rings. The highest BCUT2D eigenvalue weighted by Crippen LogP contribution is 2.45. The van der Waals surface area contributed by atoms with Gasteiger partial charge in [0.05, 0.1) is 38.6 Å². The number of halogens is 1. The quantitative estimate of drug-likeness (QED) is 0.349. The monoisotopic (exact) mass is 731 g/mol. The Kier molecular flexibility index (Phi) is 9.41. The molecule has 262 valence electrons. The number of likely N-dealkylation sites (tertiary alicyclic amines) is 1. The fourth-order valence-corrected chi connectivity index (χ4v) is 10.4. The Bertz CT molecular complexity index is 1940. The van der Waals surface area contributed by atoms with Gasteiger partial charge in [-0.1, -0.05) is 23.7 Å². The summed E-state index contributed by atoms with van der Waals surface area (Å²) >= 11 is 6.26. The number of anilines is 1. The molecule has 7 rings (SSSR count). The number of amides is 1. The molecule has 15 heteroatoms. The number of sulfonamides is 1. The molecule has 3 aromatic carbocycles. The molecule has 0 radical (unpaired) electrons. The molecule has 0 bridgehead atoms. The number of ether oxygens (including phenoxy) is 4. The number of benzene rings is 3. The zero-order valence-corrected chi connectivity index (χ0v) is 29.4. The van der Waals surface area contributed by atoms with Gasteiger partial charge in [-0.3, -0.25) is 4.79 Å². The standard InChI is InChI=1S/C34H38ClN3O9S2/c1-23(39)36-31-8-6-29(20-30(31)35)49(42,43)38-16-12-26(13-17-38)37-14-10-25(11-15-37)34(46-18-19-47-34)24-2-4-27(5-3-24)48(40,41)28-7-9-32-33(21-28)45-22-44-32/h2-9,20-21,25-26H,10-19,22H2,1H3,(H,36,39). The minimum Gasteiger partial charge on any atom is -0.454 e. The first-order valence-corrected chi connectivity index (χ1v) is 19.6. The van der Waals surface area contributed by atoms with Crippen molar-refractivity contribution in [3.05, 3.63) is 71.2 Å². The van der Waals surface area contributed by atoms with E-state index in [1.54, 1.807) is 30.3 Å². The number of piperidine rings is 2. The fourth-order valence-electron chi connectivity index (χ4n) is 7.30. The zero-order chi connectivity index (χ0) is 34.4. The number of carbonyl (C=O) groups excluding carboxylic acids is 1. The second kappa shape index (κ2) is 13.5. The number of nitrogens with zero attached hydrogens (tertiary/aromatic N) is 2. The molecule has 0 unspecified atom stereocenters. The summed E-state index contributed by atoms with van der Waals surface area (Å²) in [6, 6.07) is 16.0. The van der Waals surface area contributed by atoms with Crippen LogP contribution in [0.3, 0.4) is 0 Å². The smallest absolute Gasteiger partial charge is 0.243 e. The third kappa shape index (κ3) is 6.55. The molecule has 49 heavy (non-hydrogen) atoms. The van der Waals surface area contributed by atoms with Gasteiger partial charge in [0, 0.05) is 43.6 Å². The highest BCUT2D eigenvalue weighted by Gasteiger charge is 2.48. The van der Waals surface area contributed by atoms with E-state index >= 15 is 0 Å². The fraction of sp³-hybridized carbons (Fsp3) is 0.441. The minimum absolute atomic E-state index is 0.0629. The van der Waals surface area contributed by atoms with E-state index in [1.165, 1.54) is 41.6 Å². The second-order valence-electron chi connectivity index (χ2n) is 12.7. The van der Waals surface area contributed by atoms with Gasteiger partial charge in [-0.2, -0.15) is 4.31 Å². The van der Waals surface area contributed by atoms with Crippen molar-refractivity contribution in [2.45, 2.75) is 59.1 Å². The second-order valence-corrected chi connectivity index (χ2v) is 17.0. The topological polar surface area (TPSA) is 141 Å². The summed E-state index contributed by atoms with van der Waals surface area (Å²) < 4.78 is 78.5. The number of hydrogen-bond donors (Lipinski definition) is 1. The molecule has 0 spiro atoms. The summed E-state index contributed by atoms with van der Waals surface area (Å²) in [4.78, 5) is 14.2. The van der Waals surface area contributed by atoms with E-state index in [9.17, 15) is 21.6 Å². The van der Waals surface area contributed by atoms with E-state index in [0.29, 0.717) is 56.3 Å². The van der Waals surface area contributed by atoms with Crippen LogP contribution in [0.4, 0.5) is 5.69 Å². The van der Waals surface area contributed by atoms with Gasteiger partial charge >= 0.3 is 0 Å². The summed E-state index contributed by atoms with van der Waals surface area (Å²) in [5, 5.41) is 2.77. The van der Waals surface area contributed by atoms with Crippen LogP contribution < -0.4 is 14.8 Å². The summed E-state index contributed by atoms with van der Waals surface area (Å²) in [6.45, 7) is 4.75. The highest BCUT2D eigenvalue weighted by atomic mass is 35.5. The number of sulfone groups is 1. The Balaban J connectivity index is 0.978. The van der Waals surface area contributed by atoms with Crippen molar-refractivity contribution in [3.8, 4) is 11.5 Å². The zero-order valence-electron chi connectivity index (χ0n) is 27.0. The predicted molar refractivity (Wildman–Crippen MR) is 180 cm³/mol. The first-order chi connectivity index (χ1) is 23.5. The molecule has 0 aromatic heterocycles. The average Bonchev–Trinajstić information content (AvgIpc) is 3.80. The van der Waals surface area contributed by atoms with Crippen molar-refractivity contribution in [1.82, 2.24) is 9.21 Å². The molecule has 3 saturated heterocycles. The van der Waals surface area contributed by atoms with E-state index in [1.807, 2.05) is 0 Å². The van der Waals surface area contributed by atoms with Gasteiger partial charge in [0.2, 0.25) is 32.6 Å². The lowest BCUT2D eigenvalue weighted by Crippen LogP contribution is -2.51. The lowest BCUT2D eigenvalue weighted by molar-refractivity contribution is -0.215. The van der Waals surface area contributed by atoms with Crippen molar-refractivity contribution in [3.63, 3.8) is 0 Å². The largest absolute Gasteiger partial charge is 0.454 e. The van der Waals surface area contributed by atoms with Gasteiger partial charge in [0.25, 0.3) is 0 Å². The molecule has 12 nitrogen and oxygen atoms in total. The average molecular weight is 732 g/mol.